The highest BCUT2D eigenvalue weighted by atomic mass is 16.5. The predicted molar refractivity (Wildman–Crippen MR) is 82.4 cm³/mol. The number of pyridine rings is 1. The van der Waals surface area contributed by atoms with Crippen LogP contribution in [0.4, 0.5) is 0 Å². The molecule has 0 N–H and O–H groups in total. The molecule has 5 heteroatoms. The van der Waals surface area contributed by atoms with Crippen LogP contribution < -0.4 is 0 Å². The highest BCUT2D eigenvalue weighted by molar-refractivity contribution is 5.82. The van der Waals surface area contributed by atoms with E-state index in [4.69, 9.17) is 9.26 Å². The molecule has 0 radical (unpaired) electrons. The molecule has 112 valence electrons. The summed E-state index contributed by atoms with van der Waals surface area (Å²) < 4.78 is 11.0. The van der Waals surface area contributed by atoms with Crippen LogP contribution in [0.1, 0.15) is 31.6 Å². The molecule has 0 saturated heterocycles. The first-order valence-corrected chi connectivity index (χ1v) is 7.64. The van der Waals surface area contributed by atoms with Gasteiger partial charge in [0, 0.05) is 29.7 Å². The van der Waals surface area contributed by atoms with Crippen LogP contribution in [-0.2, 0) is 4.74 Å². The maximum absolute atomic E-state index is 5.57. The maximum atomic E-state index is 5.57. The standard InChI is InChI=1S/C17H17N3O2/c1-2-21-14-9-13(10-14)17-19-16(20-22-17)12-5-6-15-11(8-12)4-3-7-18-15/h3-8,13-14H,2,9-10H2,1H3. The minimum atomic E-state index is 0.333. The minimum absolute atomic E-state index is 0.333. The van der Waals surface area contributed by atoms with E-state index in [0.717, 1.165) is 41.8 Å². The van der Waals surface area contributed by atoms with Crippen LogP contribution >= 0.6 is 0 Å². The van der Waals surface area contributed by atoms with E-state index in [1.165, 1.54) is 0 Å². The molecule has 0 aliphatic heterocycles. The van der Waals surface area contributed by atoms with Crippen molar-refractivity contribution in [3.8, 4) is 11.4 Å². The predicted octanol–water partition coefficient (Wildman–Crippen LogP) is 3.57. The van der Waals surface area contributed by atoms with Crippen molar-refractivity contribution in [2.45, 2.75) is 31.8 Å². The van der Waals surface area contributed by atoms with Crippen molar-refractivity contribution in [3.05, 3.63) is 42.4 Å². The molecule has 1 saturated carbocycles. The fraction of sp³-hybridized carbons (Fsp3) is 0.353. The van der Waals surface area contributed by atoms with Crippen molar-refractivity contribution < 1.29 is 9.26 Å². The Kier molecular flexibility index (Phi) is 3.35. The molecule has 0 spiro atoms. The van der Waals surface area contributed by atoms with Gasteiger partial charge in [0.05, 0.1) is 11.6 Å². The van der Waals surface area contributed by atoms with Gasteiger partial charge in [-0.3, -0.25) is 4.98 Å². The molecule has 1 aliphatic carbocycles. The van der Waals surface area contributed by atoms with Crippen LogP contribution in [-0.4, -0.2) is 27.8 Å². The Balaban J connectivity index is 1.55. The van der Waals surface area contributed by atoms with Crippen LogP contribution in [0.2, 0.25) is 0 Å². The van der Waals surface area contributed by atoms with Gasteiger partial charge in [-0.15, -0.1) is 0 Å². The summed E-state index contributed by atoms with van der Waals surface area (Å²) in [5, 5.41) is 5.20. The van der Waals surface area contributed by atoms with E-state index in [-0.39, 0.29) is 0 Å². The number of ether oxygens (including phenoxy) is 1. The summed E-state index contributed by atoms with van der Waals surface area (Å²) in [7, 11) is 0. The minimum Gasteiger partial charge on any atom is -0.378 e. The van der Waals surface area contributed by atoms with Gasteiger partial charge in [0.15, 0.2) is 0 Å². The van der Waals surface area contributed by atoms with Crippen molar-refractivity contribution in [1.82, 2.24) is 15.1 Å². The van der Waals surface area contributed by atoms with Crippen molar-refractivity contribution in [2.75, 3.05) is 6.61 Å². The molecule has 0 bridgehead atoms. The molecule has 2 aromatic heterocycles. The van der Waals surface area contributed by atoms with Crippen molar-refractivity contribution in [2.24, 2.45) is 0 Å². The van der Waals surface area contributed by atoms with Gasteiger partial charge < -0.3 is 9.26 Å². The summed E-state index contributed by atoms with van der Waals surface area (Å²) in [6.07, 6.45) is 4.07. The van der Waals surface area contributed by atoms with Crippen LogP contribution in [0.3, 0.4) is 0 Å². The molecular weight excluding hydrogens is 278 g/mol. The number of nitrogens with zero attached hydrogens (tertiary/aromatic N) is 3. The summed E-state index contributed by atoms with van der Waals surface area (Å²) >= 11 is 0. The quantitative estimate of drug-likeness (QED) is 0.736. The summed E-state index contributed by atoms with van der Waals surface area (Å²) in [6, 6.07) is 9.96. The van der Waals surface area contributed by atoms with Gasteiger partial charge in [-0.25, -0.2) is 0 Å². The SMILES string of the molecule is CCOC1CC(c2nc(-c3ccc4ncccc4c3)no2)C1. The molecule has 1 aromatic carbocycles. The zero-order valence-corrected chi connectivity index (χ0v) is 12.4. The first kappa shape index (κ1) is 13.4. The van der Waals surface area contributed by atoms with Gasteiger partial charge in [0.25, 0.3) is 0 Å². The largest absolute Gasteiger partial charge is 0.378 e. The van der Waals surface area contributed by atoms with E-state index in [0.29, 0.717) is 17.8 Å². The average molecular weight is 295 g/mol. The lowest BCUT2D eigenvalue weighted by molar-refractivity contribution is -0.00961. The second-order valence-electron chi connectivity index (χ2n) is 5.61. The maximum Gasteiger partial charge on any atom is 0.230 e. The second-order valence-corrected chi connectivity index (χ2v) is 5.61. The fourth-order valence-corrected chi connectivity index (χ4v) is 2.87. The lowest BCUT2D eigenvalue weighted by Gasteiger charge is -2.32. The number of benzene rings is 1. The third-order valence-electron chi connectivity index (χ3n) is 4.15. The highest BCUT2D eigenvalue weighted by Crippen LogP contribution is 2.38. The number of aromatic nitrogens is 3. The first-order chi connectivity index (χ1) is 10.8. The Labute approximate surface area is 128 Å². The smallest absolute Gasteiger partial charge is 0.230 e. The Morgan fingerprint density at radius 1 is 1.27 bits per heavy atom. The Hall–Kier alpha value is -2.27. The highest BCUT2D eigenvalue weighted by Gasteiger charge is 2.34. The zero-order valence-electron chi connectivity index (χ0n) is 12.4. The summed E-state index contributed by atoms with van der Waals surface area (Å²) in [5.74, 6) is 1.69. The van der Waals surface area contributed by atoms with E-state index >= 15 is 0 Å². The van der Waals surface area contributed by atoms with Crippen LogP contribution in [0.25, 0.3) is 22.3 Å². The van der Waals surface area contributed by atoms with E-state index in [9.17, 15) is 0 Å². The number of hydrogen-bond acceptors (Lipinski definition) is 5. The van der Waals surface area contributed by atoms with Gasteiger partial charge in [-0.1, -0.05) is 11.2 Å². The number of fused-ring (bicyclic) bond motifs is 1. The number of hydrogen-bond donors (Lipinski definition) is 0. The molecule has 5 nitrogen and oxygen atoms in total. The molecule has 0 atom stereocenters. The van der Waals surface area contributed by atoms with Crippen molar-refractivity contribution >= 4 is 10.9 Å². The summed E-state index contributed by atoms with van der Waals surface area (Å²) in [6.45, 7) is 2.78. The topological polar surface area (TPSA) is 61.0 Å². The van der Waals surface area contributed by atoms with Gasteiger partial charge in [0.1, 0.15) is 0 Å². The zero-order chi connectivity index (χ0) is 14.9. The van der Waals surface area contributed by atoms with Gasteiger partial charge in [-0.05, 0) is 44.0 Å². The fourth-order valence-electron chi connectivity index (χ4n) is 2.87. The second kappa shape index (κ2) is 5.50. The summed E-state index contributed by atoms with van der Waals surface area (Å²) in [4.78, 5) is 8.87. The molecule has 0 amide bonds. The molecule has 0 unspecified atom stereocenters. The van der Waals surface area contributed by atoms with E-state index < -0.39 is 0 Å². The average Bonchev–Trinajstić information content (AvgIpc) is 2.99. The van der Waals surface area contributed by atoms with E-state index in [2.05, 4.69) is 15.1 Å². The molecule has 22 heavy (non-hydrogen) atoms. The van der Waals surface area contributed by atoms with Gasteiger partial charge in [-0.2, -0.15) is 4.98 Å². The Morgan fingerprint density at radius 3 is 3.05 bits per heavy atom. The van der Waals surface area contributed by atoms with Crippen molar-refractivity contribution in [3.63, 3.8) is 0 Å². The summed E-state index contributed by atoms with van der Waals surface area (Å²) in [5.41, 5.74) is 1.92. The third kappa shape index (κ3) is 2.37. The van der Waals surface area contributed by atoms with E-state index in [1.807, 2.05) is 37.3 Å². The van der Waals surface area contributed by atoms with Crippen molar-refractivity contribution in [1.29, 1.82) is 0 Å². The molecular formula is C17H17N3O2. The lowest BCUT2D eigenvalue weighted by atomic mass is 9.82. The third-order valence-corrected chi connectivity index (χ3v) is 4.15. The molecule has 4 rings (SSSR count). The molecule has 1 fully saturated rings. The lowest BCUT2D eigenvalue weighted by Crippen LogP contribution is -2.29. The van der Waals surface area contributed by atoms with Crippen LogP contribution in [0.15, 0.2) is 41.1 Å². The molecule has 1 aliphatic rings. The van der Waals surface area contributed by atoms with E-state index in [1.54, 1.807) is 6.20 Å². The van der Waals surface area contributed by atoms with Crippen LogP contribution in [0, 0.1) is 0 Å². The monoisotopic (exact) mass is 295 g/mol. The molecule has 3 aromatic rings. The van der Waals surface area contributed by atoms with Crippen LogP contribution in [0.5, 0.6) is 0 Å². The number of rotatable bonds is 4. The Morgan fingerprint density at radius 2 is 2.18 bits per heavy atom. The first-order valence-electron chi connectivity index (χ1n) is 7.64. The Bertz CT molecular complexity index is 793. The molecule has 2 heterocycles. The van der Waals surface area contributed by atoms with Gasteiger partial charge >= 0.3 is 0 Å². The normalized spacial score (nSPS) is 21.0. The van der Waals surface area contributed by atoms with Gasteiger partial charge in [0.2, 0.25) is 11.7 Å².